The molecule has 2 aliphatic rings. The summed E-state index contributed by atoms with van der Waals surface area (Å²) in [6.45, 7) is 6.60. The van der Waals surface area contributed by atoms with Gasteiger partial charge in [0.2, 0.25) is 0 Å². The third-order valence-electron chi connectivity index (χ3n) is 6.62. The lowest BCUT2D eigenvalue weighted by molar-refractivity contribution is -0.225. The SMILES string of the molecule is C=C1C[C@H](C[C@@H]2CCO[C@H](c3cccc(COCc4ccc(OC)cc4)c3)O2)O[C@@H](CCOB(P)S)C1. The molecule has 6 nitrogen and oxygen atoms in total. The molecule has 1 unspecified atom stereocenters. The van der Waals surface area contributed by atoms with Gasteiger partial charge < -0.3 is 28.3 Å². The first-order valence-electron chi connectivity index (χ1n) is 12.9. The van der Waals surface area contributed by atoms with Crippen molar-refractivity contribution in [2.45, 2.75) is 69.9 Å². The summed E-state index contributed by atoms with van der Waals surface area (Å²) in [5, 5.41) is 0. The van der Waals surface area contributed by atoms with E-state index in [0.717, 1.165) is 54.5 Å². The normalized spacial score (nSPS) is 24.1. The first-order valence-corrected chi connectivity index (χ1v) is 14.1. The smallest absolute Gasteiger partial charge is 0.380 e. The van der Waals surface area contributed by atoms with Crippen LogP contribution in [0.4, 0.5) is 0 Å². The molecule has 0 amide bonds. The molecule has 5 atom stereocenters. The minimum atomic E-state index is -0.384. The summed E-state index contributed by atoms with van der Waals surface area (Å²) in [6.07, 6.45) is 4.23. The van der Waals surface area contributed by atoms with Crippen molar-refractivity contribution in [1.29, 1.82) is 0 Å². The molecular weight excluding hydrogens is 506 g/mol. The Bertz CT molecular complexity index is 991. The molecule has 2 heterocycles. The van der Waals surface area contributed by atoms with Crippen LogP contribution in [0.3, 0.4) is 0 Å². The van der Waals surface area contributed by atoms with Gasteiger partial charge in [-0.3, -0.25) is 0 Å². The van der Waals surface area contributed by atoms with E-state index in [2.05, 4.69) is 46.4 Å². The summed E-state index contributed by atoms with van der Waals surface area (Å²) in [4.78, 5) is 0. The van der Waals surface area contributed by atoms with Crippen molar-refractivity contribution in [2.24, 2.45) is 0 Å². The van der Waals surface area contributed by atoms with E-state index in [9.17, 15) is 0 Å². The molecule has 0 aromatic heterocycles. The summed E-state index contributed by atoms with van der Waals surface area (Å²) >= 11 is 4.24. The Balaban J connectivity index is 1.26. The quantitative estimate of drug-likeness (QED) is 0.155. The van der Waals surface area contributed by atoms with Crippen molar-refractivity contribution in [1.82, 2.24) is 0 Å². The van der Waals surface area contributed by atoms with Crippen molar-refractivity contribution in [2.75, 3.05) is 20.3 Å². The fraction of sp³-hybridized carbons (Fsp3) is 0.500. The van der Waals surface area contributed by atoms with Crippen LogP contribution in [0.25, 0.3) is 0 Å². The monoisotopic (exact) mass is 544 g/mol. The van der Waals surface area contributed by atoms with Crippen molar-refractivity contribution < 1.29 is 28.3 Å². The average molecular weight is 544 g/mol. The molecule has 2 aromatic carbocycles. The molecule has 9 heteroatoms. The van der Waals surface area contributed by atoms with Gasteiger partial charge in [0.15, 0.2) is 6.29 Å². The molecule has 0 radical (unpaired) electrons. The molecule has 2 aromatic rings. The third-order valence-corrected chi connectivity index (χ3v) is 6.96. The molecule has 2 saturated heterocycles. The van der Waals surface area contributed by atoms with Crippen LogP contribution in [0.5, 0.6) is 5.75 Å². The Morgan fingerprint density at radius 2 is 1.81 bits per heavy atom. The van der Waals surface area contributed by atoms with Crippen LogP contribution >= 0.6 is 21.6 Å². The number of thiol groups is 1. The van der Waals surface area contributed by atoms with E-state index in [-0.39, 0.29) is 30.5 Å². The van der Waals surface area contributed by atoms with Gasteiger partial charge in [0, 0.05) is 18.6 Å². The van der Waals surface area contributed by atoms with E-state index in [0.29, 0.717) is 26.4 Å². The van der Waals surface area contributed by atoms with Crippen LogP contribution in [0, 0.1) is 0 Å². The Morgan fingerprint density at radius 3 is 2.59 bits per heavy atom. The molecule has 200 valence electrons. The second-order valence-electron chi connectivity index (χ2n) is 9.66. The minimum Gasteiger partial charge on any atom is -0.497 e. The molecule has 0 aliphatic carbocycles. The van der Waals surface area contributed by atoms with Crippen LogP contribution in [0.15, 0.2) is 60.7 Å². The lowest BCUT2D eigenvalue weighted by Crippen LogP contribution is -2.35. The molecule has 37 heavy (non-hydrogen) atoms. The minimum absolute atomic E-state index is 0.0791. The largest absolute Gasteiger partial charge is 0.497 e. The predicted octanol–water partition coefficient (Wildman–Crippen LogP) is 5.91. The van der Waals surface area contributed by atoms with Gasteiger partial charge in [-0.15, -0.1) is 9.12 Å². The maximum absolute atomic E-state index is 6.39. The van der Waals surface area contributed by atoms with Gasteiger partial charge >= 0.3 is 5.91 Å². The molecule has 0 spiro atoms. The zero-order valence-electron chi connectivity index (χ0n) is 21.6. The van der Waals surface area contributed by atoms with Gasteiger partial charge in [-0.05, 0) is 55.0 Å². The van der Waals surface area contributed by atoms with Gasteiger partial charge in [0.25, 0.3) is 0 Å². The maximum atomic E-state index is 6.39. The lowest BCUT2D eigenvalue weighted by atomic mass is 9.94. The number of hydrogen-bond acceptors (Lipinski definition) is 7. The maximum Gasteiger partial charge on any atom is 0.380 e. The Morgan fingerprint density at radius 1 is 1.03 bits per heavy atom. The topological polar surface area (TPSA) is 55.4 Å². The van der Waals surface area contributed by atoms with E-state index in [1.165, 1.54) is 5.57 Å². The summed E-state index contributed by atoms with van der Waals surface area (Å²) in [6, 6.07) is 16.2. The van der Waals surface area contributed by atoms with Gasteiger partial charge in [0.1, 0.15) is 5.75 Å². The Hall–Kier alpha value is -1.38. The third kappa shape index (κ3) is 9.40. The zero-order chi connectivity index (χ0) is 26.0. The van der Waals surface area contributed by atoms with Gasteiger partial charge in [-0.25, -0.2) is 0 Å². The van der Waals surface area contributed by atoms with Crippen molar-refractivity contribution in [3.05, 3.63) is 77.4 Å². The highest BCUT2D eigenvalue weighted by Gasteiger charge is 2.31. The summed E-state index contributed by atoms with van der Waals surface area (Å²) in [7, 11) is 4.20. The molecule has 0 bridgehead atoms. The molecule has 4 rings (SSSR count). The van der Waals surface area contributed by atoms with E-state index in [4.69, 9.17) is 28.3 Å². The Labute approximate surface area is 229 Å². The number of rotatable bonds is 12. The van der Waals surface area contributed by atoms with Crippen molar-refractivity contribution >= 4 is 27.5 Å². The highest BCUT2D eigenvalue weighted by Crippen LogP contribution is 2.33. The van der Waals surface area contributed by atoms with E-state index < -0.39 is 0 Å². The summed E-state index contributed by atoms with van der Waals surface area (Å²) < 4.78 is 35.5. The number of methoxy groups -OCH3 is 1. The summed E-state index contributed by atoms with van der Waals surface area (Å²) in [5.41, 5.74) is 4.45. The second kappa shape index (κ2) is 14.7. The van der Waals surface area contributed by atoms with Crippen LogP contribution in [0.2, 0.25) is 0 Å². The molecule has 2 aliphatic heterocycles. The van der Waals surface area contributed by atoms with E-state index >= 15 is 0 Å². The Kier molecular flexibility index (Phi) is 11.4. The van der Waals surface area contributed by atoms with Crippen LogP contribution < -0.4 is 4.74 Å². The lowest BCUT2D eigenvalue weighted by Gasteiger charge is -2.36. The number of ether oxygens (including phenoxy) is 5. The van der Waals surface area contributed by atoms with Gasteiger partial charge in [-0.1, -0.05) is 42.5 Å². The van der Waals surface area contributed by atoms with Gasteiger partial charge in [-0.2, -0.15) is 12.5 Å². The predicted molar refractivity (Wildman–Crippen MR) is 153 cm³/mol. The highest BCUT2D eigenvalue weighted by molar-refractivity contribution is 8.23. The fourth-order valence-electron chi connectivity index (χ4n) is 4.79. The molecule has 0 N–H and O–H groups in total. The van der Waals surface area contributed by atoms with E-state index in [1.54, 1.807) is 7.11 Å². The van der Waals surface area contributed by atoms with Crippen molar-refractivity contribution in [3.63, 3.8) is 0 Å². The highest BCUT2D eigenvalue weighted by atomic mass is 32.1. The van der Waals surface area contributed by atoms with Crippen LogP contribution in [-0.2, 0) is 36.8 Å². The van der Waals surface area contributed by atoms with E-state index in [1.807, 2.05) is 30.3 Å². The first kappa shape index (κ1) is 28.6. The average Bonchev–Trinajstić information content (AvgIpc) is 2.89. The van der Waals surface area contributed by atoms with Crippen LogP contribution in [0.1, 0.15) is 55.1 Å². The summed E-state index contributed by atoms with van der Waals surface area (Å²) in [5.74, 6) is 0.698. The second-order valence-corrected chi connectivity index (χ2v) is 11.3. The standard InChI is InChI=1S/C28H38BO6PS/c1-20-14-25(11-13-33-29(36)37)34-27(15-20)17-26-10-12-32-28(35-26)23-5-3-4-22(16-23)19-31-18-21-6-8-24(30-2)9-7-21/h3-9,16,25-28,37H,1,10-15,17-19,36H2,2H3/t25-,26-,27+,28-/m0/s1. The van der Waals surface area contributed by atoms with Crippen LogP contribution in [-0.4, -0.2) is 44.5 Å². The zero-order valence-corrected chi connectivity index (χ0v) is 23.6. The van der Waals surface area contributed by atoms with Crippen molar-refractivity contribution in [3.8, 4) is 5.75 Å². The molecular formula is C28H38BO6PS. The molecule has 0 saturated carbocycles. The number of hydrogen-bond donors (Lipinski definition) is 1. The molecule has 2 fully saturated rings. The first-order chi connectivity index (χ1) is 18.0. The number of benzene rings is 2. The fourth-order valence-corrected chi connectivity index (χ4v) is 5.03. The van der Waals surface area contributed by atoms with Gasteiger partial charge in [0.05, 0.1) is 45.2 Å².